The summed E-state index contributed by atoms with van der Waals surface area (Å²) in [5.41, 5.74) is 0. The minimum atomic E-state index is 0.238. The van der Waals surface area contributed by atoms with Crippen LogP contribution in [0, 0.1) is 17.2 Å². The van der Waals surface area contributed by atoms with Crippen LogP contribution < -0.4 is 5.32 Å². The lowest BCUT2D eigenvalue weighted by Crippen LogP contribution is -2.32. The summed E-state index contributed by atoms with van der Waals surface area (Å²) in [6.07, 6.45) is 4.45. The molecule has 0 heterocycles. The van der Waals surface area contributed by atoms with E-state index in [1.165, 1.54) is 6.42 Å². The van der Waals surface area contributed by atoms with Crippen molar-refractivity contribution in [1.82, 2.24) is 5.32 Å². The number of hydrogen-bond acceptors (Lipinski definition) is 3. The van der Waals surface area contributed by atoms with Crippen molar-refractivity contribution >= 4 is 0 Å². The Balaban J connectivity index is 2.10. The highest BCUT2D eigenvalue weighted by Gasteiger charge is 2.25. The average Bonchev–Trinajstić information content (AvgIpc) is 2.60. The quantitative estimate of drug-likeness (QED) is 0.652. The zero-order chi connectivity index (χ0) is 9.52. The summed E-state index contributed by atoms with van der Waals surface area (Å²) in [7, 11) is 1.72. The minimum Gasteiger partial charge on any atom is -0.385 e. The van der Waals surface area contributed by atoms with E-state index in [4.69, 9.17) is 10.00 Å². The van der Waals surface area contributed by atoms with Crippen molar-refractivity contribution in [2.75, 3.05) is 20.3 Å². The van der Waals surface area contributed by atoms with Gasteiger partial charge in [-0.25, -0.2) is 0 Å². The Labute approximate surface area is 80.1 Å². The van der Waals surface area contributed by atoms with Gasteiger partial charge in [0.15, 0.2) is 0 Å². The Morgan fingerprint density at radius 2 is 2.38 bits per heavy atom. The van der Waals surface area contributed by atoms with Crippen molar-refractivity contribution in [3.05, 3.63) is 0 Å². The first kappa shape index (κ1) is 10.5. The van der Waals surface area contributed by atoms with Crippen molar-refractivity contribution in [3.8, 4) is 6.07 Å². The van der Waals surface area contributed by atoms with Gasteiger partial charge in [0.05, 0.1) is 12.0 Å². The van der Waals surface area contributed by atoms with E-state index in [2.05, 4.69) is 11.4 Å². The number of ether oxygens (including phenoxy) is 1. The first-order chi connectivity index (χ1) is 6.38. The topological polar surface area (TPSA) is 45.0 Å². The highest BCUT2D eigenvalue weighted by Crippen LogP contribution is 2.24. The molecule has 0 aromatic rings. The summed E-state index contributed by atoms with van der Waals surface area (Å²) < 4.78 is 4.95. The lowest BCUT2D eigenvalue weighted by atomic mass is 10.1. The fraction of sp³-hybridized carbons (Fsp3) is 0.900. The van der Waals surface area contributed by atoms with E-state index in [9.17, 15) is 0 Å². The van der Waals surface area contributed by atoms with Crippen LogP contribution in [-0.2, 0) is 4.74 Å². The lowest BCUT2D eigenvalue weighted by Gasteiger charge is -2.14. The maximum Gasteiger partial charge on any atom is 0.0672 e. The van der Waals surface area contributed by atoms with E-state index >= 15 is 0 Å². The van der Waals surface area contributed by atoms with Crippen LogP contribution in [0.1, 0.15) is 25.7 Å². The van der Waals surface area contributed by atoms with Crippen LogP contribution in [0.4, 0.5) is 0 Å². The highest BCUT2D eigenvalue weighted by molar-refractivity contribution is 4.96. The van der Waals surface area contributed by atoms with Crippen molar-refractivity contribution < 1.29 is 4.74 Å². The minimum absolute atomic E-state index is 0.238. The van der Waals surface area contributed by atoms with Crippen LogP contribution in [-0.4, -0.2) is 26.3 Å². The first-order valence-corrected chi connectivity index (χ1v) is 5.00. The SMILES string of the molecule is COCCCNC1CCCC1C#N. The molecule has 13 heavy (non-hydrogen) atoms. The summed E-state index contributed by atoms with van der Waals surface area (Å²) in [4.78, 5) is 0. The fourth-order valence-electron chi connectivity index (χ4n) is 1.86. The molecule has 1 rings (SSSR count). The smallest absolute Gasteiger partial charge is 0.0672 e. The molecule has 1 saturated carbocycles. The Kier molecular flexibility index (Phi) is 4.81. The summed E-state index contributed by atoms with van der Waals surface area (Å²) >= 11 is 0. The number of nitrogens with one attached hydrogen (secondary N) is 1. The Morgan fingerprint density at radius 3 is 3.08 bits per heavy atom. The van der Waals surface area contributed by atoms with Gasteiger partial charge in [0.2, 0.25) is 0 Å². The molecule has 1 aliphatic carbocycles. The van der Waals surface area contributed by atoms with Gasteiger partial charge in [-0.2, -0.15) is 5.26 Å². The second-order valence-electron chi connectivity index (χ2n) is 3.57. The maximum absolute atomic E-state index is 8.82. The number of rotatable bonds is 5. The van der Waals surface area contributed by atoms with Crippen molar-refractivity contribution in [3.63, 3.8) is 0 Å². The summed E-state index contributed by atoms with van der Waals surface area (Å²) in [5.74, 6) is 0.238. The molecule has 1 aliphatic rings. The van der Waals surface area contributed by atoms with E-state index in [0.717, 1.165) is 32.4 Å². The van der Waals surface area contributed by atoms with Crippen LogP contribution in [0.15, 0.2) is 0 Å². The van der Waals surface area contributed by atoms with Gasteiger partial charge >= 0.3 is 0 Å². The van der Waals surface area contributed by atoms with Gasteiger partial charge in [0.1, 0.15) is 0 Å². The summed E-state index contributed by atoms with van der Waals surface area (Å²) in [5, 5.41) is 12.2. The van der Waals surface area contributed by atoms with Gasteiger partial charge < -0.3 is 10.1 Å². The van der Waals surface area contributed by atoms with Gasteiger partial charge in [-0.15, -0.1) is 0 Å². The van der Waals surface area contributed by atoms with Gasteiger partial charge in [0.25, 0.3) is 0 Å². The monoisotopic (exact) mass is 182 g/mol. The molecular weight excluding hydrogens is 164 g/mol. The molecule has 3 nitrogen and oxygen atoms in total. The van der Waals surface area contributed by atoms with Gasteiger partial charge in [0, 0.05) is 19.8 Å². The third-order valence-corrected chi connectivity index (χ3v) is 2.61. The van der Waals surface area contributed by atoms with Gasteiger partial charge in [-0.3, -0.25) is 0 Å². The zero-order valence-electron chi connectivity index (χ0n) is 8.25. The van der Waals surface area contributed by atoms with Crippen LogP contribution >= 0.6 is 0 Å². The molecule has 0 spiro atoms. The molecule has 2 unspecified atom stereocenters. The predicted octanol–water partition coefficient (Wildman–Crippen LogP) is 1.30. The second-order valence-corrected chi connectivity index (χ2v) is 3.57. The second kappa shape index (κ2) is 5.95. The Bertz CT molecular complexity index is 176. The first-order valence-electron chi connectivity index (χ1n) is 5.00. The Hall–Kier alpha value is -0.590. The van der Waals surface area contributed by atoms with Crippen LogP contribution in [0.25, 0.3) is 0 Å². The molecule has 0 saturated heterocycles. The van der Waals surface area contributed by atoms with E-state index in [0.29, 0.717) is 6.04 Å². The third kappa shape index (κ3) is 3.33. The van der Waals surface area contributed by atoms with Crippen LogP contribution in [0.2, 0.25) is 0 Å². The fourth-order valence-corrected chi connectivity index (χ4v) is 1.86. The zero-order valence-corrected chi connectivity index (χ0v) is 8.25. The van der Waals surface area contributed by atoms with E-state index < -0.39 is 0 Å². The van der Waals surface area contributed by atoms with Gasteiger partial charge in [-0.05, 0) is 25.8 Å². The van der Waals surface area contributed by atoms with E-state index in [-0.39, 0.29) is 5.92 Å². The number of nitrogens with zero attached hydrogens (tertiary/aromatic N) is 1. The van der Waals surface area contributed by atoms with E-state index in [1.54, 1.807) is 7.11 Å². The third-order valence-electron chi connectivity index (χ3n) is 2.61. The summed E-state index contributed by atoms with van der Waals surface area (Å²) in [6.45, 7) is 1.77. The normalized spacial score (nSPS) is 27.4. The Morgan fingerprint density at radius 1 is 1.54 bits per heavy atom. The molecule has 0 amide bonds. The summed E-state index contributed by atoms with van der Waals surface area (Å²) in [6, 6.07) is 2.79. The van der Waals surface area contributed by atoms with Crippen LogP contribution in [0.5, 0.6) is 0 Å². The molecule has 3 heteroatoms. The number of methoxy groups -OCH3 is 1. The molecule has 0 aromatic heterocycles. The maximum atomic E-state index is 8.82. The van der Waals surface area contributed by atoms with Crippen molar-refractivity contribution in [2.45, 2.75) is 31.7 Å². The number of hydrogen-bond donors (Lipinski definition) is 1. The largest absolute Gasteiger partial charge is 0.385 e. The van der Waals surface area contributed by atoms with E-state index in [1.807, 2.05) is 0 Å². The van der Waals surface area contributed by atoms with Gasteiger partial charge in [-0.1, -0.05) is 6.42 Å². The molecular formula is C10H18N2O. The van der Waals surface area contributed by atoms with Crippen molar-refractivity contribution in [1.29, 1.82) is 5.26 Å². The molecule has 2 atom stereocenters. The number of nitriles is 1. The molecule has 1 N–H and O–H groups in total. The molecule has 0 aromatic carbocycles. The van der Waals surface area contributed by atoms with Crippen molar-refractivity contribution in [2.24, 2.45) is 5.92 Å². The highest BCUT2D eigenvalue weighted by atomic mass is 16.5. The molecule has 1 fully saturated rings. The molecule has 0 radical (unpaired) electrons. The molecule has 74 valence electrons. The lowest BCUT2D eigenvalue weighted by molar-refractivity contribution is 0.192. The van der Waals surface area contributed by atoms with Crippen LogP contribution in [0.3, 0.4) is 0 Å². The molecule has 0 aliphatic heterocycles. The predicted molar refractivity (Wildman–Crippen MR) is 51.2 cm³/mol. The standard InChI is InChI=1S/C10H18N2O/c1-13-7-3-6-12-10-5-2-4-9(10)8-11/h9-10,12H,2-7H2,1H3. The molecule has 0 bridgehead atoms. The average molecular weight is 182 g/mol.